The van der Waals surface area contributed by atoms with E-state index in [1.54, 1.807) is 37.3 Å². The molecule has 0 spiro atoms. The summed E-state index contributed by atoms with van der Waals surface area (Å²) in [6, 6.07) is 24.0. The summed E-state index contributed by atoms with van der Waals surface area (Å²) in [5.41, 5.74) is 3.78. The molecule has 0 radical (unpaired) electrons. The third-order valence-electron chi connectivity index (χ3n) is 7.06. The standard InChI is InChI=1S/C32H27F3N2O4/c1-20(22-10-13-25(14-11-22)32(33,34)35)36-30(38)24-12-15-28-29(18-24)41-17-16-37(28)19-21-6-8-23(9-7-21)26-4-2-3-5-27(26)31(39)40/h2-15,18,20H,16-17,19H2,1H3,(H,36,38)(H,39,40). The molecule has 6 nitrogen and oxygen atoms in total. The molecule has 0 saturated carbocycles. The van der Waals surface area contributed by atoms with Gasteiger partial charge in [-0.2, -0.15) is 13.2 Å². The first kappa shape index (κ1) is 27.8. The monoisotopic (exact) mass is 560 g/mol. The number of rotatable bonds is 7. The van der Waals surface area contributed by atoms with Crippen LogP contribution in [0.4, 0.5) is 18.9 Å². The zero-order chi connectivity index (χ0) is 29.1. The number of nitrogens with one attached hydrogen (secondary N) is 1. The summed E-state index contributed by atoms with van der Waals surface area (Å²) >= 11 is 0. The Bertz CT molecular complexity index is 1570. The fourth-order valence-corrected chi connectivity index (χ4v) is 4.84. The number of halogens is 3. The number of carbonyl (C=O) groups is 2. The molecule has 1 aliphatic heterocycles. The van der Waals surface area contributed by atoms with Crippen LogP contribution in [0.25, 0.3) is 11.1 Å². The van der Waals surface area contributed by atoms with Crippen LogP contribution in [0.5, 0.6) is 5.75 Å². The summed E-state index contributed by atoms with van der Waals surface area (Å²) in [6.07, 6.45) is -4.42. The molecule has 1 heterocycles. The Morgan fingerprint density at radius 2 is 1.68 bits per heavy atom. The Labute approximate surface area is 235 Å². The minimum atomic E-state index is -4.42. The predicted molar refractivity (Wildman–Crippen MR) is 149 cm³/mol. The van der Waals surface area contributed by atoms with E-state index < -0.39 is 23.8 Å². The maximum Gasteiger partial charge on any atom is 0.416 e. The van der Waals surface area contributed by atoms with Crippen molar-refractivity contribution >= 4 is 17.6 Å². The van der Waals surface area contributed by atoms with Crippen molar-refractivity contribution in [3.8, 4) is 16.9 Å². The summed E-state index contributed by atoms with van der Waals surface area (Å²) in [5.74, 6) is -0.770. The van der Waals surface area contributed by atoms with Crippen molar-refractivity contribution in [3.63, 3.8) is 0 Å². The summed E-state index contributed by atoms with van der Waals surface area (Å²) in [4.78, 5) is 26.7. The highest BCUT2D eigenvalue weighted by Crippen LogP contribution is 2.34. The summed E-state index contributed by atoms with van der Waals surface area (Å²) in [6.45, 7) is 3.38. The Hall–Kier alpha value is -4.79. The van der Waals surface area contributed by atoms with Crippen LogP contribution in [0.15, 0.2) is 91.0 Å². The van der Waals surface area contributed by atoms with Crippen molar-refractivity contribution in [3.05, 3.63) is 119 Å². The van der Waals surface area contributed by atoms with Gasteiger partial charge < -0.3 is 20.1 Å². The Balaban J connectivity index is 1.27. The number of ether oxygens (including phenoxy) is 1. The van der Waals surface area contributed by atoms with Gasteiger partial charge in [0.1, 0.15) is 12.4 Å². The molecule has 4 aromatic rings. The molecule has 0 fully saturated rings. The smallest absolute Gasteiger partial charge is 0.416 e. The predicted octanol–water partition coefficient (Wildman–Crippen LogP) is 6.96. The van der Waals surface area contributed by atoms with Crippen LogP contribution in [0.3, 0.4) is 0 Å². The molecule has 210 valence electrons. The average molecular weight is 561 g/mol. The topological polar surface area (TPSA) is 78.9 Å². The normalized spacial score (nSPS) is 13.6. The number of hydrogen-bond acceptors (Lipinski definition) is 4. The molecule has 0 bridgehead atoms. The van der Waals surface area contributed by atoms with Crippen LogP contribution in [-0.4, -0.2) is 30.1 Å². The van der Waals surface area contributed by atoms with Crippen LogP contribution in [0.1, 0.15) is 50.4 Å². The molecule has 0 aromatic heterocycles. The number of nitrogens with zero attached hydrogens (tertiary/aromatic N) is 1. The molecular weight excluding hydrogens is 533 g/mol. The second kappa shape index (κ2) is 11.4. The van der Waals surface area contributed by atoms with Crippen molar-refractivity contribution in [2.45, 2.75) is 25.7 Å². The number of fused-ring (bicyclic) bond motifs is 1. The number of anilines is 1. The number of hydrogen-bond donors (Lipinski definition) is 2. The molecule has 2 N–H and O–H groups in total. The van der Waals surface area contributed by atoms with Gasteiger partial charge in [0.2, 0.25) is 0 Å². The SMILES string of the molecule is CC(NC(=O)c1ccc2c(c1)OCCN2Cc1ccc(-c2ccccc2C(=O)O)cc1)c1ccc(C(F)(F)F)cc1. The number of amides is 1. The average Bonchev–Trinajstić information content (AvgIpc) is 2.97. The van der Waals surface area contributed by atoms with Crippen LogP contribution >= 0.6 is 0 Å². The lowest BCUT2D eigenvalue weighted by Gasteiger charge is -2.31. The lowest BCUT2D eigenvalue weighted by Crippen LogP contribution is -2.32. The Kier molecular flexibility index (Phi) is 7.70. The number of alkyl halides is 3. The summed E-state index contributed by atoms with van der Waals surface area (Å²) in [5, 5.41) is 12.3. The minimum Gasteiger partial charge on any atom is -0.490 e. The van der Waals surface area contributed by atoms with Gasteiger partial charge in [-0.25, -0.2) is 4.79 Å². The number of carboxylic acids is 1. The van der Waals surface area contributed by atoms with Gasteiger partial charge in [0.15, 0.2) is 0 Å². The number of carbonyl (C=O) groups excluding carboxylic acids is 1. The van der Waals surface area contributed by atoms with Crippen molar-refractivity contribution in [2.75, 3.05) is 18.1 Å². The fraction of sp³-hybridized carbons (Fsp3) is 0.188. The molecule has 1 unspecified atom stereocenters. The number of carboxylic acid groups (broad SMARTS) is 1. The van der Waals surface area contributed by atoms with Gasteiger partial charge >= 0.3 is 12.1 Å². The first-order valence-corrected chi connectivity index (χ1v) is 13.0. The van der Waals surface area contributed by atoms with Crippen LogP contribution in [0, 0.1) is 0 Å². The van der Waals surface area contributed by atoms with Gasteiger partial charge in [-0.15, -0.1) is 0 Å². The molecule has 41 heavy (non-hydrogen) atoms. The second-order valence-corrected chi connectivity index (χ2v) is 9.82. The van der Waals surface area contributed by atoms with E-state index in [0.717, 1.165) is 28.9 Å². The zero-order valence-corrected chi connectivity index (χ0v) is 22.1. The summed E-state index contributed by atoms with van der Waals surface area (Å²) in [7, 11) is 0. The van der Waals surface area contributed by atoms with Gasteiger partial charge in [-0.1, -0.05) is 54.6 Å². The molecule has 1 aliphatic rings. The molecule has 1 amide bonds. The van der Waals surface area contributed by atoms with Crippen LogP contribution < -0.4 is 15.0 Å². The van der Waals surface area contributed by atoms with E-state index in [-0.39, 0.29) is 11.5 Å². The van der Waals surface area contributed by atoms with Gasteiger partial charge in [0, 0.05) is 12.1 Å². The van der Waals surface area contributed by atoms with E-state index >= 15 is 0 Å². The van der Waals surface area contributed by atoms with Gasteiger partial charge in [0.05, 0.1) is 29.4 Å². The zero-order valence-electron chi connectivity index (χ0n) is 22.1. The maximum atomic E-state index is 12.9. The second-order valence-electron chi connectivity index (χ2n) is 9.82. The highest BCUT2D eigenvalue weighted by molar-refractivity contribution is 5.96. The minimum absolute atomic E-state index is 0.246. The Morgan fingerprint density at radius 3 is 2.37 bits per heavy atom. The summed E-state index contributed by atoms with van der Waals surface area (Å²) < 4.78 is 44.4. The van der Waals surface area contributed by atoms with E-state index in [1.165, 1.54) is 12.1 Å². The molecule has 5 rings (SSSR count). The van der Waals surface area contributed by atoms with Crippen molar-refractivity contribution in [1.82, 2.24) is 5.32 Å². The van der Waals surface area contributed by atoms with Gasteiger partial charge in [-0.3, -0.25) is 4.79 Å². The molecule has 9 heteroatoms. The van der Waals surface area contributed by atoms with E-state index in [0.29, 0.717) is 42.1 Å². The van der Waals surface area contributed by atoms with E-state index in [2.05, 4.69) is 10.2 Å². The molecule has 4 aromatic carbocycles. The first-order valence-electron chi connectivity index (χ1n) is 13.0. The van der Waals surface area contributed by atoms with Crippen molar-refractivity contribution in [2.24, 2.45) is 0 Å². The molecular formula is C32H27F3N2O4. The van der Waals surface area contributed by atoms with Crippen molar-refractivity contribution < 1.29 is 32.6 Å². The third kappa shape index (κ3) is 6.19. The largest absolute Gasteiger partial charge is 0.490 e. The highest BCUT2D eigenvalue weighted by atomic mass is 19.4. The number of aromatic carboxylic acids is 1. The molecule has 0 aliphatic carbocycles. The van der Waals surface area contributed by atoms with E-state index in [1.807, 2.05) is 36.4 Å². The number of benzene rings is 4. The lowest BCUT2D eigenvalue weighted by molar-refractivity contribution is -0.137. The molecule has 0 saturated heterocycles. The van der Waals surface area contributed by atoms with Crippen LogP contribution in [-0.2, 0) is 12.7 Å². The molecule has 1 atom stereocenters. The fourth-order valence-electron chi connectivity index (χ4n) is 4.84. The third-order valence-corrected chi connectivity index (χ3v) is 7.06. The highest BCUT2D eigenvalue weighted by Gasteiger charge is 2.30. The quantitative estimate of drug-likeness (QED) is 0.256. The van der Waals surface area contributed by atoms with E-state index in [9.17, 15) is 27.9 Å². The van der Waals surface area contributed by atoms with E-state index in [4.69, 9.17) is 4.74 Å². The van der Waals surface area contributed by atoms with Gasteiger partial charge in [-0.05, 0) is 65.6 Å². The van der Waals surface area contributed by atoms with Gasteiger partial charge in [0.25, 0.3) is 5.91 Å². The Morgan fingerprint density at radius 1 is 0.976 bits per heavy atom. The van der Waals surface area contributed by atoms with Crippen LogP contribution in [0.2, 0.25) is 0 Å². The van der Waals surface area contributed by atoms with Crippen molar-refractivity contribution in [1.29, 1.82) is 0 Å². The maximum absolute atomic E-state index is 12.9. The first-order chi connectivity index (χ1) is 19.6. The lowest BCUT2D eigenvalue weighted by atomic mass is 9.98.